The van der Waals surface area contributed by atoms with E-state index in [1.54, 1.807) is 19.1 Å². The topological polar surface area (TPSA) is 43.7 Å². The van der Waals surface area contributed by atoms with Crippen molar-refractivity contribution >= 4 is 0 Å². The summed E-state index contributed by atoms with van der Waals surface area (Å²) >= 11 is 0. The molecule has 0 aliphatic carbocycles. The Morgan fingerprint density at radius 1 is 1.35 bits per heavy atom. The second kappa shape index (κ2) is 6.69. The van der Waals surface area contributed by atoms with Crippen LogP contribution in [0.25, 0.3) is 0 Å². The van der Waals surface area contributed by atoms with Gasteiger partial charge in [0, 0.05) is 19.2 Å². The van der Waals surface area contributed by atoms with Crippen LogP contribution in [0.3, 0.4) is 0 Å². The number of rotatable bonds is 6. The fourth-order valence-corrected chi connectivity index (χ4v) is 1.82. The zero-order valence-corrected chi connectivity index (χ0v) is 10.4. The molecule has 0 aliphatic heterocycles. The van der Waals surface area contributed by atoms with Crippen LogP contribution in [-0.2, 0) is 6.54 Å². The van der Waals surface area contributed by atoms with Crippen molar-refractivity contribution in [3.05, 3.63) is 35.1 Å². The molecule has 1 unspecified atom stereocenters. The van der Waals surface area contributed by atoms with Gasteiger partial charge in [-0.15, -0.1) is 0 Å². The predicted octanol–water partition coefficient (Wildman–Crippen LogP) is 1.31. The molecule has 0 aliphatic rings. The number of aliphatic hydroxyl groups excluding tert-OH is 2. The Bertz CT molecular complexity index is 357. The number of halogens is 1. The molecule has 0 aromatic heterocycles. The molecule has 1 aromatic rings. The van der Waals surface area contributed by atoms with Gasteiger partial charge in [0.2, 0.25) is 0 Å². The molecule has 0 radical (unpaired) electrons. The van der Waals surface area contributed by atoms with Gasteiger partial charge < -0.3 is 10.2 Å². The van der Waals surface area contributed by atoms with Crippen LogP contribution in [0, 0.1) is 12.7 Å². The Hall–Kier alpha value is -0.970. The molecule has 0 amide bonds. The van der Waals surface area contributed by atoms with Gasteiger partial charge in [0.05, 0.1) is 6.61 Å². The van der Waals surface area contributed by atoms with Crippen LogP contribution in [0.5, 0.6) is 0 Å². The fourth-order valence-electron chi connectivity index (χ4n) is 1.82. The van der Waals surface area contributed by atoms with Crippen molar-refractivity contribution in [3.8, 4) is 0 Å². The number of aliphatic hydroxyl groups is 2. The molecular weight excluding hydrogens is 221 g/mol. The Labute approximate surface area is 101 Å². The highest BCUT2D eigenvalue weighted by molar-refractivity contribution is 5.23. The maximum atomic E-state index is 13.1. The largest absolute Gasteiger partial charge is 0.396 e. The third kappa shape index (κ3) is 4.07. The lowest BCUT2D eigenvalue weighted by Crippen LogP contribution is -2.35. The lowest BCUT2D eigenvalue weighted by molar-refractivity contribution is 0.115. The molecule has 2 N–H and O–H groups in total. The van der Waals surface area contributed by atoms with E-state index in [-0.39, 0.29) is 25.1 Å². The van der Waals surface area contributed by atoms with E-state index in [4.69, 9.17) is 5.11 Å². The van der Waals surface area contributed by atoms with Crippen molar-refractivity contribution in [1.29, 1.82) is 0 Å². The summed E-state index contributed by atoms with van der Waals surface area (Å²) in [4.78, 5) is 1.96. The Balaban J connectivity index is 2.66. The van der Waals surface area contributed by atoms with Crippen molar-refractivity contribution in [2.75, 3.05) is 20.3 Å². The first-order chi connectivity index (χ1) is 8.08. The third-order valence-electron chi connectivity index (χ3n) is 2.95. The van der Waals surface area contributed by atoms with Gasteiger partial charge in [-0.3, -0.25) is 4.90 Å². The normalized spacial score (nSPS) is 13.1. The molecule has 96 valence electrons. The molecule has 1 rings (SSSR count). The van der Waals surface area contributed by atoms with Gasteiger partial charge in [0.15, 0.2) is 0 Å². The van der Waals surface area contributed by atoms with E-state index in [1.165, 1.54) is 6.07 Å². The quantitative estimate of drug-likeness (QED) is 0.789. The minimum Gasteiger partial charge on any atom is -0.396 e. The van der Waals surface area contributed by atoms with E-state index in [9.17, 15) is 9.50 Å². The average molecular weight is 241 g/mol. The van der Waals surface area contributed by atoms with Crippen LogP contribution in [0.4, 0.5) is 4.39 Å². The Morgan fingerprint density at radius 2 is 2.06 bits per heavy atom. The number of likely N-dealkylation sites (N-methyl/N-ethyl adjacent to an activating group) is 1. The van der Waals surface area contributed by atoms with Crippen LogP contribution in [-0.4, -0.2) is 41.4 Å². The number of hydrogen-bond donors (Lipinski definition) is 2. The SMILES string of the molecule is Cc1cc(CN(C)C(CO)CCO)ccc1F. The van der Waals surface area contributed by atoms with Crippen molar-refractivity contribution in [3.63, 3.8) is 0 Å². The summed E-state index contributed by atoms with van der Waals surface area (Å²) in [6.07, 6.45) is 0.535. The summed E-state index contributed by atoms with van der Waals surface area (Å²) in [5.41, 5.74) is 1.63. The maximum absolute atomic E-state index is 13.1. The number of hydrogen-bond acceptors (Lipinski definition) is 3. The van der Waals surface area contributed by atoms with Gasteiger partial charge in [0.1, 0.15) is 5.82 Å². The molecular formula is C13H20FNO2. The van der Waals surface area contributed by atoms with E-state index >= 15 is 0 Å². The first-order valence-corrected chi connectivity index (χ1v) is 5.75. The molecule has 1 atom stereocenters. The monoisotopic (exact) mass is 241 g/mol. The minimum atomic E-state index is -0.203. The lowest BCUT2D eigenvalue weighted by atomic mass is 10.1. The van der Waals surface area contributed by atoms with E-state index in [0.717, 1.165) is 5.56 Å². The number of aryl methyl sites for hydroxylation is 1. The van der Waals surface area contributed by atoms with E-state index < -0.39 is 0 Å². The molecule has 0 saturated heterocycles. The summed E-state index contributed by atoms with van der Waals surface area (Å²) in [5, 5.41) is 18.1. The molecule has 0 bridgehead atoms. The summed E-state index contributed by atoms with van der Waals surface area (Å²) < 4.78 is 13.1. The van der Waals surface area contributed by atoms with Gasteiger partial charge in [-0.2, -0.15) is 0 Å². The van der Waals surface area contributed by atoms with Crippen LogP contribution >= 0.6 is 0 Å². The van der Waals surface area contributed by atoms with Gasteiger partial charge in [-0.1, -0.05) is 12.1 Å². The minimum absolute atomic E-state index is 0.0111. The first-order valence-electron chi connectivity index (χ1n) is 5.75. The van der Waals surface area contributed by atoms with Crippen molar-refractivity contribution < 1.29 is 14.6 Å². The molecule has 0 heterocycles. The highest BCUT2D eigenvalue weighted by Crippen LogP contribution is 2.13. The van der Waals surface area contributed by atoms with E-state index in [0.29, 0.717) is 18.5 Å². The zero-order chi connectivity index (χ0) is 12.8. The fraction of sp³-hybridized carbons (Fsp3) is 0.538. The molecule has 1 aromatic carbocycles. The van der Waals surface area contributed by atoms with Gasteiger partial charge in [-0.05, 0) is 37.6 Å². The summed E-state index contributed by atoms with van der Waals surface area (Å²) in [6, 6.07) is 4.94. The first kappa shape index (κ1) is 14.1. The molecule has 3 nitrogen and oxygen atoms in total. The highest BCUT2D eigenvalue weighted by Gasteiger charge is 2.13. The van der Waals surface area contributed by atoms with Gasteiger partial charge in [0.25, 0.3) is 0 Å². The van der Waals surface area contributed by atoms with Crippen LogP contribution in [0.15, 0.2) is 18.2 Å². The maximum Gasteiger partial charge on any atom is 0.126 e. The summed E-state index contributed by atoms with van der Waals surface area (Å²) in [6.45, 7) is 2.43. The van der Waals surface area contributed by atoms with Crippen molar-refractivity contribution in [2.45, 2.75) is 25.9 Å². The third-order valence-corrected chi connectivity index (χ3v) is 2.95. The number of nitrogens with zero attached hydrogens (tertiary/aromatic N) is 1. The number of benzene rings is 1. The van der Waals surface area contributed by atoms with Crippen molar-refractivity contribution in [2.24, 2.45) is 0 Å². The Kier molecular flexibility index (Phi) is 5.55. The lowest BCUT2D eigenvalue weighted by Gasteiger charge is -2.26. The van der Waals surface area contributed by atoms with Crippen LogP contribution in [0.2, 0.25) is 0 Å². The highest BCUT2D eigenvalue weighted by atomic mass is 19.1. The standard InChI is InChI=1S/C13H20FNO2/c1-10-7-11(3-4-13(10)14)8-15(2)12(9-17)5-6-16/h3-4,7,12,16-17H,5-6,8-9H2,1-2H3. The molecule has 4 heteroatoms. The molecule has 0 fully saturated rings. The van der Waals surface area contributed by atoms with Crippen LogP contribution < -0.4 is 0 Å². The van der Waals surface area contributed by atoms with E-state index in [2.05, 4.69) is 0 Å². The summed E-state index contributed by atoms with van der Waals surface area (Å²) in [5.74, 6) is -0.203. The smallest absolute Gasteiger partial charge is 0.126 e. The van der Waals surface area contributed by atoms with E-state index in [1.807, 2.05) is 11.9 Å². The average Bonchev–Trinajstić information content (AvgIpc) is 2.30. The summed E-state index contributed by atoms with van der Waals surface area (Å²) in [7, 11) is 1.88. The predicted molar refractivity (Wildman–Crippen MR) is 65.2 cm³/mol. The second-order valence-electron chi connectivity index (χ2n) is 4.35. The zero-order valence-electron chi connectivity index (χ0n) is 10.4. The van der Waals surface area contributed by atoms with Gasteiger partial charge in [-0.25, -0.2) is 4.39 Å². The Morgan fingerprint density at radius 3 is 2.59 bits per heavy atom. The molecule has 0 spiro atoms. The van der Waals surface area contributed by atoms with Crippen LogP contribution in [0.1, 0.15) is 17.5 Å². The van der Waals surface area contributed by atoms with Gasteiger partial charge >= 0.3 is 0 Å². The molecule has 17 heavy (non-hydrogen) atoms. The van der Waals surface area contributed by atoms with Crippen molar-refractivity contribution in [1.82, 2.24) is 4.90 Å². The second-order valence-corrected chi connectivity index (χ2v) is 4.35. The molecule has 0 saturated carbocycles.